The van der Waals surface area contributed by atoms with Gasteiger partial charge in [0.15, 0.2) is 0 Å². The molecule has 29 heavy (non-hydrogen) atoms. The van der Waals surface area contributed by atoms with Crippen LogP contribution in [0.2, 0.25) is 0 Å². The minimum Gasteiger partial charge on any atom is -0.352 e. The summed E-state index contributed by atoms with van der Waals surface area (Å²) in [6.07, 6.45) is -1.86. The number of nitrogens with zero attached hydrogens (tertiary/aromatic N) is 3. The van der Waals surface area contributed by atoms with Crippen molar-refractivity contribution in [3.05, 3.63) is 65.7 Å². The lowest BCUT2D eigenvalue weighted by Crippen LogP contribution is -2.28. The smallest absolute Gasteiger partial charge is 0.352 e. The van der Waals surface area contributed by atoms with Crippen LogP contribution in [0.15, 0.2) is 48.8 Å². The number of amides is 2. The Bertz CT molecular complexity index is 1020. The molecule has 0 aliphatic rings. The molecule has 0 atom stereocenters. The Hall–Kier alpha value is -3.69. The molecule has 7 nitrogen and oxygen atoms in total. The van der Waals surface area contributed by atoms with E-state index in [-0.39, 0.29) is 12.5 Å². The Morgan fingerprint density at radius 3 is 2.55 bits per heavy atom. The second kappa shape index (κ2) is 8.13. The van der Waals surface area contributed by atoms with Gasteiger partial charge in [0.25, 0.3) is 0 Å². The van der Waals surface area contributed by atoms with Crippen molar-refractivity contribution < 1.29 is 18.0 Å². The van der Waals surface area contributed by atoms with Gasteiger partial charge in [-0.2, -0.15) is 13.2 Å². The van der Waals surface area contributed by atoms with Crippen molar-refractivity contribution >= 4 is 17.7 Å². The summed E-state index contributed by atoms with van der Waals surface area (Å²) in [6.45, 7) is 2.07. The van der Waals surface area contributed by atoms with Gasteiger partial charge in [0.1, 0.15) is 5.69 Å². The summed E-state index contributed by atoms with van der Waals surface area (Å²) >= 11 is 0. The van der Waals surface area contributed by atoms with Crippen molar-refractivity contribution in [3.63, 3.8) is 0 Å². The molecule has 3 aromatic rings. The molecule has 0 fully saturated rings. The van der Waals surface area contributed by atoms with Crippen LogP contribution in [0.5, 0.6) is 0 Å². The van der Waals surface area contributed by atoms with Gasteiger partial charge in [-0.25, -0.2) is 14.8 Å². The molecule has 0 saturated carbocycles. The van der Waals surface area contributed by atoms with Crippen LogP contribution in [0, 0.1) is 6.92 Å². The van der Waals surface area contributed by atoms with Gasteiger partial charge >= 0.3 is 12.2 Å². The van der Waals surface area contributed by atoms with Crippen LogP contribution in [0.25, 0.3) is 11.1 Å². The first-order valence-corrected chi connectivity index (χ1v) is 8.48. The molecular formula is C19H17F3N6O. The summed E-state index contributed by atoms with van der Waals surface area (Å²) in [6, 6.07) is 9.19. The molecular weight excluding hydrogens is 385 g/mol. The number of nitrogens with one attached hydrogen (secondary N) is 2. The van der Waals surface area contributed by atoms with E-state index in [1.54, 1.807) is 24.4 Å². The zero-order valence-corrected chi connectivity index (χ0v) is 15.3. The fraction of sp³-hybridized carbons (Fsp3) is 0.158. The van der Waals surface area contributed by atoms with Gasteiger partial charge in [-0.15, -0.1) is 0 Å². The number of halogens is 3. The highest BCUT2D eigenvalue weighted by molar-refractivity contribution is 5.72. The molecule has 0 aliphatic heterocycles. The number of pyridine rings is 1. The molecule has 10 heteroatoms. The standard InChI is InChI=1S/C19H17F3N6O/c1-11-6-13(12-2-3-14(25-9-12)10-26-17(23)29)8-15(7-11)27-18-24-5-4-16(28-18)19(20,21)22/h2-9H,10H2,1H3,(H3,23,26,29)(H,24,27,28). The van der Waals surface area contributed by atoms with Crippen molar-refractivity contribution in [1.29, 1.82) is 0 Å². The Morgan fingerprint density at radius 2 is 1.90 bits per heavy atom. The third kappa shape index (κ3) is 5.41. The summed E-state index contributed by atoms with van der Waals surface area (Å²) in [5.41, 5.74) is 7.68. The fourth-order valence-electron chi connectivity index (χ4n) is 2.61. The van der Waals surface area contributed by atoms with E-state index in [1.165, 1.54) is 0 Å². The average molecular weight is 402 g/mol. The molecule has 0 saturated heterocycles. The minimum absolute atomic E-state index is 0.151. The second-order valence-electron chi connectivity index (χ2n) is 6.23. The van der Waals surface area contributed by atoms with Crippen LogP contribution in [-0.2, 0) is 12.7 Å². The lowest BCUT2D eigenvalue weighted by molar-refractivity contribution is -0.141. The van der Waals surface area contributed by atoms with Gasteiger partial charge in [0.2, 0.25) is 5.95 Å². The number of benzene rings is 1. The average Bonchev–Trinajstić information content (AvgIpc) is 2.66. The Labute approximate surface area is 164 Å². The van der Waals surface area contributed by atoms with Gasteiger partial charge in [0.05, 0.1) is 12.2 Å². The molecule has 0 radical (unpaired) electrons. The topological polar surface area (TPSA) is 106 Å². The first-order chi connectivity index (χ1) is 13.7. The van der Waals surface area contributed by atoms with E-state index < -0.39 is 17.9 Å². The first kappa shape index (κ1) is 20.1. The number of hydrogen-bond donors (Lipinski definition) is 3. The summed E-state index contributed by atoms with van der Waals surface area (Å²) in [5, 5.41) is 5.26. The molecule has 4 N–H and O–H groups in total. The molecule has 2 amide bonds. The van der Waals surface area contributed by atoms with Crippen molar-refractivity contribution in [2.45, 2.75) is 19.6 Å². The van der Waals surface area contributed by atoms with E-state index in [4.69, 9.17) is 5.73 Å². The normalized spacial score (nSPS) is 11.2. The maximum Gasteiger partial charge on any atom is 0.433 e. The van der Waals surface area contributed by atoms with Gasteiger partial charge in [-0.1, -0.05) is 12.1 Å². The second-order valence-corrected chi connectivity index (χ2v) is 6.23. The summed E-state index contributed by atoms with van der Waals surface area (Å²) in [4.78, 5) is 22.4. The van der Waals surface area contributed by atoms with Crippen LogP contribution < -0.4 is 16.4 Å². The lowest BCUT2D eigenvalue weighted by Gasteiger charge is -2.11. The van der Waals surface area contributed by atoms with E-state index in [2.05, 4.69) is 25.6 Å². The largest absolute Gasteiger partial charge is 0.433 e. The number of aryl methyl sites for hydroxylation is 1. The van der Waals surface area contributed by atoms with E-state index in [0.717, 1.165) is 29.0 Å². The highest BCUT2D eigenvalue weighted by Crippen LogP contribution is 2.29. The molecule has 0 spiro atoms. The Balaban J connectivity index is 1.82. The monoisotopic (exact) mass is 402 g/mol. The van der Waals surface area contributed by atoms with Crippen LogP contribution in [-0.4, -0.2) is 21.0 Å². The highest BCUT2D eigenvalue weighted by Gasteiger charge is 2.32. The molecule has 0 unspecified atom stereocenters. The number of nitrogens with two attached hydrogens (primary N) is 1. The number of primary amides is 1. The number of rotatable bonds is 5. The number of urea groups is 1. The number of alkyl halides is 3. The van der Waals surface area contributed by atoms with Crippen molar-refractivity contribution in [2.24, 2.45) is 5.73 Å². The number of aromatic nitrogens is 3. The van der Waals surface area contributed by atoms with Crippen LogP contribution in [0.4, 0.5) is 29.6 Å². The quantitative estimate of drug-likeness (QED) is 0.602. The third-order valence-corrected chi connectivity index (χ3v) is 3.88. The van der Waals surface area contributed by atoms with Gasteiger partial charge in [-0.3, -0.25) is 4.98 Å². The SMILES string of the molecule is Cc1cc(Nc2nccc(C(F)(F)F)n2)cc(-c2ccc(CNC(N)=O)nc2)c1. The number of hydrogen-bond acceptors (Lipinski definition) is 5. The van der Waals surface area contributed by atoms with Crippen LogP contribution >= 0.6 is 0 Å². The van der Waals surface area contributed by atoms with Crippen molar-refractivity contribution in [2.75, 3.05) is 5.32 Å². The molecule has 150 valence electrons. The predicted molar refractivity (Wildman–Crippen MR) is 101 cm³/mol. The fourth-order valence-corrected chi connectivity index (χ4v) is 2.61. The van der Waals surface area contributed by atoms with Gasteiger partial charge < -0.3 is 16.4 Å². The molecule has 3 rings (SSSR count). The lowest BCUT2D eigenvalue weighted by atomic mass is 10.0. The predicted octanol–water partition coefficient (Wildman–Crippen LogP) is 3.78. The number of carbonyl (C=O) groups excluding carboxylic acids is 1. The van der Waals surface area contributed by atoms with Crippen LogP contribution in [0.1, 0.15) is 17.0 Å². The molecule has 2 heterocycles. The maximum absolute atomic E-state index is 12.8. The van der Waals surface area contributed by atoms with Crippen molar-refractivity contribution in [3.8, 4) is 11.1 Å². The van der Waals surface area contributed by atoms with Crippen LogP contribution in [0.3, 0.4) is 0 Å². The first-order valence-electron chi connectivity index (χ1n) is 8.48. The van der Waals surface area contributed by atoms with E-state index in [0.29, 0.717) is 11.4 Å². The summed E-state index contributed by atoms with van der Waals surface area (Å²) < 4.78 is 38.5. The molecule has 0 aliphatic carbocycles. The molecule has 0 bridgehead atoms. The van der Waals surface area contributed by atoms with Crippen molar-refractivity contribution in [1.82, 2.24) is 20.3 Å². The highest BCUT2D eigenvalue weighted by atomic mass is 19.4. The van der Waals surface area contributed by atoms with E-state index >= 15 is 0 Å². The van der Waals surface area contributed by atoms with E-state index in [1.807, 2.05) is 19.1 Å². The zero-order chi connectivity index (χ0) is 21.0. The number of anilines is 2. The zero-order valence-electron chi connectivity index (χ0n) is 15.3. The Morgan fingerprint density at radius 1 is 1.10 bits per heavy atom. The summed E-state index contributed by atoms with van der Waals surface area (Å²) in [7, 11) is 0. The summed E-state index contributed by atoms with van der Waals surface area (Å²) in [5.74, 6) is -0.151. The number of carbonyl (C=O) groups is 1. The minimum atomic E-state index is -4.55. The maximum atomic E-state index is 12.8. The van der Waals surface area contributed by atoms with E-state index in [9.17, 15) is 18.0 Å². The molecule has 2 aromatic heterocycles. The van der Waals surface area contributed by atoms with Gasteiger partial charge in [0, 0.05) is 23.6 Å². The molecule has 1 aromatic carbocycles. The van der Waals surface area contributed by atoms with Gasteiger partial charge in [-0.05, 0) is 42.3 Å². The third-order valence-electron chi connectivity index (χ3n) is 3.88. The Kier molecular flexibility index (Phi) is 5.62.